The zero-order valence-electron chi connectivity index (χ0n) is 8.57. The van der Waals surface area contributed by atoms with Crippen LogP contribution in [-0.4, -0.2) is 17.8 Å². The Balaban J connectivity index is 2.43. The SMILES string of the molecule is Cc1cccc(F)c1NCCSC(F)(F)F. The van der Waals surface area contributed by atoms with E-state index in [0.29, 0.717) is 5.56 Å². The van der Waals surface area contributed by atoms with E-state index >= 15 is 0 Å². The molecular weight excluding hydrogens is 242 g/mol. The molecule has 1 nitrogen and oxygen atoms in total. The molecule has 1 aromatic rings. The van der Waals surface area contributed by atoms with Crippen LogP contribution in [0.3, 0.4) is 0 Å². The highest BCUT2D eigenvalue weighted by molar-refractivity contribution is 8.00. The summed E-state index contributed by atoms with van der Waals surface area (Å²) in [5.74, 6) is -0.589. The van der Waals surface area contributed by atoms with Crippen LogP contribution in [0.15, 0.2) is 18.2 Å². The number of nitrogens with one attached hydrogen (secondary N) is 1. The van der Waals surface area contributed by atoms with E-state index in [4.69, 9.17) is 0 Å². The van der Waals surface area contributed by atoms with Gasteiger partial charge < -0.3 is 5.32 Å². The van der Waals surface area contributed by atoms with Gasteiger partial charge in [-0.1, -0.05) is 12.1 Å². The Hall–Kier alpha value is -0.910. The van der Waals surface area contributed by atoms with Crippen molar-refractivity contribution in [2.45, 2.75) is 12.4 Å². The Morgan fingerprint density at radius 2 is 2.00 bits per heavy atom. The van der Waals surface area contributed by atoms with Gasteiger partial charge in [-0.15, -0.1) is 0 Å². The first-order chi connectivity index (χ1) is 7.40. The topological polar surface area (TPSA) is 12.0 Å². The van der Waals surface area contributed by atoms with Gasteiger partial charge in [0.05, 0.1) is 5.69 Å². The van der Waals surface area contributed by atoms with Crippen molar-refractivity contribution in [2.24, 2.45) is 0 Å². The molecular formula is C10H11F4NS. The Morgan fingerprint density at radius 1 is 1.31 bits per heavy atom. The van der Waals surface area contributed by atoms with E-state index in [0.717, 1.165) is 0 Å². The molecule has 0 atom stereocenters. The number of benzene rings is 1. The fraction of sp³-hybridized carbons (Fsp3) is 0.400. The van der Waals surface area contributed by atoms with Crippen LogP contribution in [0.25, 0.3) is 0 Å². The first-order valence-electron chi connectivity index (χ1n) is 4.60. The van der Waals surface area contributed by atoms with Crippen molar-refractivity contribution in [1.82, 2.24) is 0 Å². The van der Waals surface area contributed by atoms with Crippen LogP contribution < -0.4 is 5.32 Å². The number of rotatable bonds is 4. The molecule has 0 amide bonds. The molecule has 0 heterocycles. The highest BCUT2D eigenvalue weighted by Crippen LogP contribution is 2.29. The summed E-state index contributed by atoms with van der Waals surface area (Å²) in [6.45, 7) is 1.77. The van der Waals surface area contributed by atoms with Gasteiger partial charge in [0.1, 0.15) is 5.82 Å². The predicted molar refractivity (Wildman–Crippen MR) is 58.1 cm³/mol. The number of halogens is 4. The zero-order chi connectivity index (χ0) is 12.2. The van der Waals surface area contributed by atoms with Crippen molar-refractivity contribution in [3.63, 3.8) is 0 Å². The van der Waals surface area contributed by atoms with Crippen molar-refractivity contribution in [2.75, 3.05) is 17.6 Å². The standard InChI is InChI=1S/C10H11F4NS/c1-7-3-2-4-8(11)9(7)15-5-6-16-10(12,13)14/h2-4,15H,5-6H2,1H3. The fourth-order valence-corrected chi connectivity index (χ4v) is 1.63. The molecule has 0 fully saturated rings. The molecule has 0 saturated carbocycles. The molecule has 0 saturated heterocycles. The molecule has 0 aliphatic heterocycles. The maximum atomic E-state index is 13.2. The Labute approximate surface area is 95.2 Å². The summed E-state index contributed by atoms with van der Waals surface area (Å²) in [6, 6.07) is 4.52. The van der Waals surface area contributed by atoms with Crippen LogP contribution in [0.5, 0.6) is 0 Å². The quantitative estimate of drug-likeness (QED) is 0.647. The van der Waals surface area contributed by atoms with Gasteiger partial charge in [0.15, 0.2) is 0 Å². The molecule has 0 aliphatic rings. The Morgan fingerprint density at radius 3 is 2.56 bits per heavy atom. The van der Waals surface area contributed by atoms with E-state index in [-0.39, 0.29) is 29.7 Å². The lowest BCUT2D eigenvalue weighted by Crippen LogP contribution is -2.11. The van der Waals surface area contributed by atoms with Crippen molar-refractivity contribution < 1.29 is 17.6 Å². The second kappa shape index (κ2) is 5.43. The maximum Gasteiger partial charge on any atom is 0.441 e. The van der Waals surface area contributed by atoms with Crippen LogP contribution >= 0.6 is 11.8 Å². The van der Waals surface area contributed by atoms with Crippen molar-refractivity contribution in [3.8, 4) is 0 Å². The van der Waals surface area contributed by atoms with Crippen LogP contribution in [-0.2, 0) is 0 Å². The van der Waals surface area contributed by atoms with E-state index in [1.54, 1.807) is 19.1 Å². The normalized spacial score (nSPS) is 11.6. The number of hydrogen-bond acceptors (Lipinski definition) is 2. The summed E-state index contributed by atoms with van der Waals surface area (Å²) in [4.78, 5) is 0. The molecule has 6 heteroatoms. The molecule has 0 unspecified atom stereocenters. The van der Waals surface area contributed by atoms with Crippen molar-refractivity contribution >= 4 is 17.4 Å². The largest absolute Gasteiger partial charge is 0.441 e. The summed E-state index contributed by atoms with van der Waals surface area (Å²) in [7, 11) is 0. The number of aryl methyl sites for hydroxylation is 1. The number of thioether (sulfide) groups is 1. The third-order valence-corrected chi connectivity index (χ3v) is 2.63. The number of para-hydroxylation sites is 1. The van der Waals surface area contributed by atoms with E-state index in [1.165, 1.54) is 6.07 Å². The molecule has 0 radical (unpaired) electrons. The maximum absolute atomic E-state index is 13.2. The van der Waals surface area contributed by atoms with E-state index in [2.05, 4.69) is 5.32 Å². The van der Waals surface area contributed by atoms with Gasteiger partial charge in [0.25, 0.3) is 0 Å². The van der Waals surface area contributed by atoms with Crippen LogP contribution in [0.4, 0.5) is 23.2 Å². The van der Waals surface area contributed by atoms with Crippen LogP contribution in [0.2, 0.25) is 0 Å². The van der Waals surface area contributed by atoms with Crippen molar-refractivity contribution in [1.29, 1.82) is 0 Å². The summed E-state index contributed by atoms with van der Waals surface area (Å²) in [5.41, 5.74) is -3.28. The molecule has 0 bridgehead atoms. The number of alkyl halides is 3. The van der Waals surface area contributed by atoms with Gasteiger partial charge in [0, 0.05) is 12.3 Å². The van der Waals surface area contributed by atoms with Crippen molar-refractivity contribution in [3.05, 3.63) is 29.6 Å². The third kappa shape index (κ3) is 4.30. The number of hydrogen-bond donors (Lipinski definition) is 1. The third-order valence-electron chi connectivity index (χ3n) is 1.89. The van der Waals surface area contributed by atoms with Gasteiger partial charge >= 0.3 is 5.51 Å². The average Bonchev–Trinajstić information content (AvgIpc) is 2.14. The zero-order valence-corrected chi connectivity index (χ0v) is 9.38. The lowest BCUT2D eigenvalue weighted by atomic mass is 10.2. The fourth-order valence-electron chi connectivity index (χ4n) is 1.20. The molecule has 0 aromatic heterocycles. The highest BCUT2D eigenvalue weighted by atomic mass is 32.2. The minimum atomic E-state index is -4.23. The van der Waals surface area contributed by atoms with Crippen LogP contribution in [0.1, 0.15) is 5.56 Å². The van der Waals surface area contributed by atoms with Gasteiger partial charge in [-0.25, -0.2) is 4.39 Å². The van der Waals surface area contributed by atoms with Gasteiger partial charge in [-0.05, 0) is 30.3 Å². The Kier molecular flexibility index (Phi) is 4.46. The second-order valence-corrected chi connectivity index (χ2v) is 4.31. The van der Waals surface area contributed by atoms with E-state index in [1.807, 2.05) is 0 Å². The minimum Gasteiger partial charge on any atom is -0.382 e. The molecule has 90 valence electrons. The van der Waals surface area contributed by atoms with Gasteiger partial charge in [-0.3, -0.25) is 0 Å². The predicted octanol–water partition coefficient (Wildman–Crippen LogP) is 3.80. The monoisotopic (exact) mass is 253 g/mol. The summed E-state index contributed by atoms with van der Waals surface area (Å²) in [5, 5.41) is 2.66. The first kappa shape index (κ1) is 13.2. The van der Waals surface area contributed by atoms with Gasteiger partial charge in [-0.2, -0.15) is 13.2 Å². The Bertz CT molecular complexity index is 331. The molecule has 1 N–H and O–H groups in total. The lowest BCUT2D eigenvalue weighted by molar-refractivity contribution is -0.0327. The first-order valence-corrected chi connectivity index (χ1v) is 5.58. The smallest absolute Gasteiger partial charge is 0.382 e. The molecule has 0 aliphatic carbocycles. The van der Waals surface area contributed by atoms with Gasteiger partial charge in [0.2, 0.25) is 0 Å². The summed E-state index contributed by atoms with van der Waals surface area (Å²) in [6.07, 6.45) is 0. The van der Waals surface area contributed by atoms with Crippen LogP contribution in [0, 0.1) is 12.7 Å². The summed E-state index contributed by atoms with van der Waals surface area (Å²) >= 11 is -0.120. The van der Waals surface area contributed by atoms with E-state index < -0.39 is 11.3 Å². The lowest BCUT2D eigenvalue weighted by Gasteiger charge is -2.10. The minimum absolute atomic E-state index is 0.0753. The molecule has 1 aromatic carbocycles. The molecule has 0 spiro atoms. The number of anilines is 1. The summed E-state index contributed by atoms with van der Waals surface area (Å²) < 4.78 is 48.6. The molecule has 16 heavy (non-hydrogen) atoms. The second-order valence-electron chi connectivity index (χ2n) is 3.15. The average molecular weight is 253 g/mol. The highest BCUT2D eigenvalue weighted by Gasteiger charge is 2.27. The van der Waals surface area contributed by atoms with E-state index in [9.17, 15) is 17.6 Å². The molecule has 1 rings (SSSR count).